The number of hydrogen-bond acceptors (Lipinski definition) is 21. The Morgan fingerprint density at radius 1 is 0.667 bits per heavy atom. The Morgan fingerprint density at radius 3 is 1.91 bits per heavy atom. The summed E-state index contributed by atoms with van der Waals surface area (Å²) >= 11 is 6.24. The fourth-order valence-corrected chi connectivity index (χ4v) is 13.9. The van der Waals surface area contributed by atoms with Gasteiger partial charge in [-0.05, 0) is 102 Å². The monoisotopic (exact) mass is 1520 g/mol. The number of phenols is 3. The molecule has 2 aliphatic heterocycles. The summed E-state index contributed by atoms with van der Waals surface area (Å²) in [6, 6.07) is 6.97. The van der Waals surface area contributed by atoms with Gasteiger partial charge in [-0.1, -0.05) is 122 Å². The van der Waals surface area contributed by atoms with E-state index in [1.165, 1.54) is 66.7 Å². The number of carbonyl (C=O) groups is 13. The zero-order chi connectivity index (χ0) is 77.2. The van der Waals surface area contributed by atoms with E-state index in [9.17, 15) is 78.3 Å². The number of carboxylic acid groups (broad SMARTS) is 1. The molecule has 32 nitrogen and oxygen atoms in total. The van der Waals surface area contributed by atoms with E-state index in [0.29, 0.717) is 22.3 Å². The van der Waals surface area contributed by atoms with Crippen molar-refractivity contribution < 1.29 is 87.9 Å². The zero-order valence-electron chi connectivity index (χ0n) is 58.4. The minimum absolute atomic E-state index is 0.0134. The number of carboxylic acids is 1. The Labute approximate surface area is 619 Å². The molecule has 0 saturated carbocycles. The topological polar surface area (TPSA) is 525 Å². The van der Waals surface area contributed by atoms with Crippen molar-refractivity contribution in [3.8, 4) is 17.2 Å². The molecular weight excluding hydrogens is 1420 g/mol. The number of nitrogens with zero attached hydrogens (tertiary/aromatic N) is 1. The maximum Gasteiger partial charge on any atom is 0.303 e. The molecule has 1 unspecified atom stereocenters. The molecule has 6 rings (SSSR count). The number of primary amides is 1. The molecule has 4 aromatic carbocycles. The highest BCUT2D eigenvalue weighted by molar-refractivity contribution is 8.76. The van der Waals surface area contributed by atoms with Gasteiger partial charge in [0.05, 0.1) is 23.7 Å². The van der Waals surface area contributed by atoms with Crippen LogP contribution >= 0.6 is 33.2 Å². The number of nitrogens with two attached hydrogens (primary N) is 3. The summed E-state index contributed by atoms with van der Waals surface area (Å²) in [4.78, 5) is 185. The van der Waals surface area contributed by atoms with Gasteiger partial charge in [-0.2, -0.15) is 0 Å². The lowest BCUT2D eigenvalue weighted by molar-refractivity contribution is -0.142. The summed E-state index contributed by atoms with van der Waals surface area (Å²) in [5.41, 5.74) is 20.2. The van der Waals surface area contributed by atoms with E-state index >= 15 is 9.59 Å². The van der Waals surface area contributed by atoms with Gasteiger partial charge in [0.2, 0.25) is 70.9 Å². The third-order valence-electron chi connectivity index (χ3n) is 17.3. The lowest BCUT2D eigenvalue weighted by Crippen LogP contribution is -2.61. The first-order valence-electron chi connectivity index (χ1n) is 34.1. The van der Waals surface area contributed by atoms with Crippen LogP contribution < -0.4 is 70.4 Å². The molecule has 105 heavy (non-hydrogen) atoms. The minimum Gasteiger partial charge on any atom is -0.508 e. The summed E-state index contributed by atoms with van der Waals surface area (Å²) in [5, 5.41) is 77.3. The number of amides is 12. The van der Waals surface area contributed by atoms with E-state index in [-0.39, 0.29) is 86.2 Å². The smallest absolute Gasteiger partial charge is 0.303 e. The molecule has 2 aliphatic rings. The molecule has 12 amide bonds. The van der Waals surface area contributed by atoms with Gasteiger partial charge in [0.15, 0.2) is 0 Å². The Kier molecular flexibility index (Phi) is 32.9. The first kappa shape index (κ1) is 84.2. The second-order valence-electron chi connectivity index (χ2n) is 26.2. The van der Waals surface area contributed by atoms with Crippen LogP contribution in [0.4, 0.5) is 0 Å². The molecular formula is C70H93ClN14O18S2. The summed E-state index contributed by atoms with van der Waals surface area (Å²) < 4.78 is 0. The third kappa shape index (κ3) is 27.0. The van der Waals surface area contributed by atoms with Gasteiger partial charge in [0.1, 0.15) is 71.6 Å². The Hall–Kier alpha value is -9.74. The summed E-state index contributed by atoms with van der Waals surface area (Å²) in [7, 11) is 1.67. The Bertz CT molecular complexity index is 3750. The summed E-state index contributed by atoms with van der Waals surface area (Å²) in [6.07, 6.45) is -4.12. The van der Waals surface area contributed by atoms with Crippen molar-refractivity contribution in [2.45, 2.75) is 172 Å². The van der Waals surface area contributed by atoms with Gasteiger partial charge in [-0.25, -0.2) is 0 Å². The molecule has 0 bridgehead atoms. The first-order valence-corrected chi connectivity index (χ1v) is 36.9. The molecule has 0 spiro atoms. The Morgan fingerprint density at radius 2 is 1.29 bits per heavy atom. The fraction of sp³-hybridized carbons (Fsp3) is 0.471. The van der Waals surface area contributed by atoms with Gasteiger partial charge >= 0.3 is 5.97 Å². The average molecular weight is 1520 g/mol. The van der Waals surface area contributed by atoms with E-state index in [2.05, 4.69) is 53.2 Å². The van der Waals surface area contributed by atoms with E-state index in [1.807, 2.05) is 0 Å². The highest BCUT2D eigenvalue weighted by Gasteiger charge is 2.44. The number of aliphatic hydroxyl groups excluding tert-OH is 1. The third-order valence-corrected chi connectivity index (χ3v) is 20.1. The van der Waals surface area contributed by atoms with Crippen LogP contribution in [0.5, 0.6) is 17.2 Å². The number of benzene rings is 4. The van der Waals surface area contributed by atoms with Crippen molar-refractivity contribution in [1.29, 1.82) is 0 Å². The highest BCUT2D eigenvalue weighted by atomic mass is 35.5. The number of aromatic hydroxyl groups is 3. The van der Waals surface area contributed by atoms with E-state index in [1.54, 1.807) is 52.0 Å². The van der Waals surface area contributed by atoms with Crippen LogP contribution in [0.25, 0.3) is 0 Å². The predicted molar refractivity (Wildman–Crippen MR) is 388 cm³/mol. The van der Waals surface area contributed by atoms with Crippen LogP contribution in [-0.4, -0.2) is 198 Å². The molecule has 570 valence electrons. The van der Waals surface area contributed by atoms with Crippen molar-refractivity contribution in [2.75, 3.05) is 24.6 Å². The lowest BCUT2D eigenvalue weighted by atomic mass is 9.96. The highest BCUT2D eigenvalue weighted by Crippen LogP contribution is 2.28. The molecule has 4 aromatic rings. The molecule has 0 radical (unpaired) electrons. The van der Waals surface area contributed by atoms with Gasteiger partial charge in [-0.3, -0.25) is 62.3 Å². The molecule has 2 fully saturated rings. The number of phenolic OH excluding ortho intramolecular Hbond substituents is 3. The van der Waals surface area contributed by atoms with Crippen molar-refractivity contribution in [2.24, 2.45) is 29.0 Å². The van der Waals surface area contributed by atoms with Crippen molar-refractivity contribution in [1.82, 2.24) is 58.1 Å². The number of carbonyl (C=O) groups excluding carboxylic acids is 12. The predicted octanol–water partition coefficient (Wildman–Crippen LogP) is -0.839. The number of aliphatic carboxylic acids is 1. The molecule has 2 saturated heterocycles. The number of nitrogens with one attached hydrogen (secondary N) is 10. The number of aliphatic hydroxyl groups is 1. The second kappa shape index (κ2) is 41.1. The van der Waals surface area contributed by atoms with Crippen LogP contribution in [0.3, 0.4) is 0 Å². The summed E-state index contributed by atoms with van der Waals surface area (Å²) in [5.74, 6) is -14.9. The quantitative estimate of drug-likeness (QED) is 0.0283. The lowest BCUT2D eigenvalue weighted by Gasteiger charge is -2.31. The van der Waals surface area contributed by atoms with Crippen LogP contribution in [0, 0.1) is 11.8 Å². The number of hydrogen-bond donors (Lipinski definition) is 18. The fourth-order valence-electron chi connectivity index (χ4n) is 11.4. The van der Waals surface area contributed by atoms with Crippen molar-refractivity contribution >= 4 is 110 Å². The normalized spacial score (nSPS) is 20.1. The Balaban J connectivity index is 1.37. The van der Waals surface area contributed by atoms with Gasteiger partial charge in [0.25, 0.3) is 0 Å². The van der Waals surface area contributed by atoms with Crippen molar-refractivity contribution in [3.63, 3.8) is 0 Å². The maximum absolute atomic E-state index is 15.2. The standard InChI is InChI=1S/C70H93ClN14O18S2/c1-5-37(4)60(69(102)79-48(18-21-57(74)90)62(95)75-31-42-8-6-7-41(24-42)30-72)84-66(99)52(27-39-11-16-44(87)17-12-39)80-67(100)53-34-104-105-35-54(83-64(97)49(19-22-59(92)93)78-61(94)47(73)26-38-9-14-43(86)15-10-38)70(103)85-33-45(88)29-55(85)68(101)81-51(28-40-13-20-56(89)46(71)25-40)63(96)76-32-58(91)77-50(23-36(2)3)65(98)82-53/h6-17,20,24-25,36-37,45,47-55,60,86-89H,5,18-19,21-23,26-35,72-73H2,1-4H3,(H2,74,90)(H,75,95)(H,76,96)(H,77,91)(H,78,94)(H,79,102)(H,80,100)(H,81,101)(H,82,98)(H,83,97)(H,84,99)(H,92,93)/t37?,45-,47+,48+,49-,50+,51+,52+,53+,54+,55+,60+/m1/s1. The van der Waals surface area contributed by atoms with Crippen LogP contribution in [-0.2, 0) is 94.7 Å². The molecule has 12 atom stereocenters. The average Bonchev–Trinajstić information content (AvgIpc) is 1.48. The van der Waals surface area contributed by atoms with Gasteiger partial charge < -0.3 is 101 Å². The van der Waals surface area contributed by atoms with E-state index in [0.717, 1.165) is 32.1 Å². The van der Waals surface area contributed by atoms with Crippen molar-refractivity contribution in [3.05, 3.63) is 124 Å². The summed E-state index contributed by atoms with van der Waals surface area (Å²) in [6.45, 7) is 5.76. The van der Waals surface area contributed by atoms with E-state index < -0.39 is 193 Å². The van der Waals surface area contributed by atoms with Gasteiger partial charge in [-0.15, -0.1) is 0 Å². The maximum atomic E-state index is 15.2. The van der Waals surface area contributed by atoms with E-state index in [4.69, 9.17) is 28.8 Å². The number of fused-ring (bicyclic) bond motifs is 1. The molecule has 2 heterocycles. The largest absolute Gasteiger partial charge is 0.508 e. The first-order chi connectivity index (χ1) is 49.8. The second-order valence-corrected chi connectivity index (χ2v) is 29.1. The number of rotatable bonds is 30. The SMILES string of the molecule is CCC(C)[C@H](NC(=O)[C@H](Cc1ccc(O)cc1)NC(=O)[C@@H]1CSSC[C@H](NC(=O)[C@@H](CCC(=O)O)NC(=O)[C@@H](N)Cc2ccc(O)cc2)C(=O)N2C[C@H](O)C[C@H]2C(=O)N[C@@H](Cc2ccc(O)c(Cl)c2)C(=O)NCC(=O)N[C@@H](CC(C)C)C(=O)N1)C(=O)N[C@@H](CCC(N)=O)C(=O)NCc1cccc(CN)c1. The van der Waals surface area contributed by atoms with Crippen LogP contribution in [0.15, 0.2) is 91.0 Å². The molecule has 0 aromatic heterocycles. The molecule has 21 N–H and O–H groups in total. The van der Waals surface area contributed by atoms with Crippen LogP contribution in [0.1, 0.15) is 100 Å². The number of halogens is 1. The molecule has 35 heteroatoms. The van der Waals surface area contributed by atoms with Gasteiger partial charge in [0, 0.05) is 63.2 Å². The molecule has 0 aliphatic carbocycles. The zero-order valence-corrected chi connectivity index (χ0v) is 60.8. The van der Waals surface area contributed by atoms with Crippen LogP contribution in [0.2, 0.25) is 5.02 Å². The minimum atomic E-state index is -1.73.